The summed E-state index contributed by atoms with van der Waals surface area (Å²) in [6, 6.07) is 6.68. The molecule has 7 heteroatoms. The smallest absolute Gasteiger partial charge is 0.349 e. The van der Waals surface area contributed by atoms with Gasteiger partial charge in [0.05, 0.1) is 11.1 Å². The zero-order valence-corrected chi connectivity index (χ0v) is 10.8. The van der Waals surface area contributed by atoms with E-state index in [1.807, 2.05) is 0 Å². The molecule has 0 radical (unpaired) electrons. The van der Waals surface area contributed by atoms with Gasteiger partial charge in [-0.25, -0.2) is 4.79 Å². The minimum atomic E-state index is -0.679. The second-order valence-corrected chi connectivity index (χ2v) is 4.22. The fourth-order valence-corrected chi connectivity index (χ4v) is 1.69. The highest BCUT2D eigenvalue weighted by molar-refractivity contribution is 7.80. The van der Waals surface area contributed by atoms with E-state index in [9.17, 15) is 9.90 Å². The molecule has 98 valence electrons. The van der Waals surface area contributed by atoms with E-state index >= 15 is 0 Å². The molecule has 1 aromatic carbocycles. The van der Waals surface area contributed by atoms with Gasteiger partial charge in [0.1, 0.15) is 16.9 Å². The van der Waals surface area contributed by atoms with E-state index in [4.69, 9.17) is 10.2 Å². The van der Waals surface area contributed by atoms with Crippen molar-refractivity contribution in [1.82, 2.24) is 5.43 Å². The highest BCUT2D eigenvalue weighted by Crippen LogP contribution is 2.26. The molecule has 0 saturated carbocycles. The molecule has 2 rings (SSSR count). The Labute approximate surface area is 113 Å². The summed E-state index contributed by atoms with van der Waals surface area (Å²) >= 11 is 4.60. The molecule has 2 aromatic rings. The molecule has 0 amide bonds. The van der Waals surface area contributed by atoms with E-state index in [1.165, 1.54) is 6.92 Å². The topological polar surface area (TPSA) is 101 Å². The van der Waals surface area contributed by atoms with Crippen molar-refractivity contribution in [2.45, 2.75) is 6.92 Å². The fraction of sp³-hybridized carbons (Fsp3) is 0.0833. The average molecular weight is 277 g/mol. The van der Waals surface area contributed by atoms with Crippen LogP contribution in [0, 0.1) is 0 Å². The van der Waals surface area contributed by atoms with Crippen molar-refractivity contribution in [1.29, 1.82) is 0 Å². The minimum Gasteiger partial charge on any atom is -0.506 e. The Kier molecular flexibility index (Phi) is 3.48. The number of nitrogens with one attached hydrogen (secondary N) is 1. The molecule has 0 aliphatic heterocycles. The molecular formula is C12H11N3O3S. The van der Waals surface area contributed by atoms with Gasteiger partial charge in [-0.15, -0.1) is 0 Å². The first-order valence-electron chi connectivity index (χ1n) is 5.35. The van der Waals surface area contributed by atoms with Crippen LogP contribution < -0.4 is 16.8 Å². The first kappa shape index (κ1) is 13.0. The van der Waals surface area contributed by atoms with E-state index in [0.717, 1.165) is 0 Å². The summed E-state index contributed by atoms with van der Waals surface area (Å²) in [5.41, 5.74) is 7.42. The molecule has 0 atom stereocenters. The molecule has 0 bridgehead atoms. The van der Waals surface area contributed by atoms with E-state index in [-0.39, 0.29) is 22.1 Å². The molecule has 1 aromatic heterocycles. The van der Waals surface area contributed by atoms with Gasteiger partial charge in [0, 0.05) is 0 Å². The van der Waals surface area contributed by atoms with Crippen LogP contribution in [0.4, 0.5) is 0 Å². The maximum atomic E-state index is 11.8. The number of para-hydroxylation sites is 1. The molecule has 0 unspecified atom stereocenters. The zero-order valence-electron chi connectivity index (χ0n) is 10.0. The van der Waals surface area contributed by atoms with Crippen LogP contribution >= 0.6 is 12.2 Å². The summed E-state index contributed by atoms with van der Waals surface area (Å²) in [4.78, 5) is 11.8. The van der Waals surface area contributed by atoms with Crippen LogP contribution in [0.1, 0.15) is 12.5 Å². The van der Waals surface area contributed by atoms with Gasteiger partial charge >= 0.3 is 5.63 Å². The summed E-state index contributed by atoms with van der Waals surface area (Å²) in [7, 11) is 0. The van der Waals surface area contributed by atoms with Crippen LogP contribution in [0.2, 0.25) is 0 Å². The van der Waals surface area contributed by atoms with Crippen LogP contribution in [-0.2, 0) is 0 Å². The van der Waals surface area contributed by atoms with Crippen LogP contribution in [0.3, 0.4) is 0 Å². The van der Waals surface area contributed by atoms with Crippen LogP contribution in [-0.4, -0.2) is 15.9 Å². The monoisotopic (exact) mass is 277 g/mol. The highest BCUT2D eigenvalue weighted by Gasteiger charge is 2.16. The Morgan fingerprint density at radius 3 is 2.84 bits per heavy atom. The standard InChI is InChI=1S/C12H11N3O3S/c1-6(14-15-12(13)19)9-10(16)7-4-2-3-5-8(7)18-11(9)17/h2-5,16H,1H3,(H3,13,15,19). The SMILES string of the molecule is CC(=NNC(N)=S)c1c(O)c2ccccc2oc1=O. The van der Waals surface area contributed by atoms with Crippen molar-refractivity contribution in [3.8, 4) is 5.75 Å². The van der Waals surface area contributed by atoms with Gasteiger partial charge < -0.3 is 15.3 Å². The number of benzene rings is 1. The van der Waals surface area contributed by atoms with Gasteiger partial charge in [-0.3, -0.25) is 5.43 Å². The zero-order chi connectivity index (χ0) is 14.0. The predicted octanol–water partition coefficient (Wildman–Crippen LogP) is 1.06. The van der Waals surface area contributed by atoms with E-state index < -0.39 is 5.63 Å². The van der Waals surface area contributed by atoms with Gasteiger partial charge in [0.15, 0.2) is 5.11 Å². The van der Waals surface area contributed by atoms with Crippen molar-refractivity contribution in [2.24, 2.45) is 10.8 Å². The summed E-state index contributed by atoms with van der Waals surface area (Å²) < 4.78 is 5.11. The van der Waals surface area contributed by atoms with Crippen molar-refractivity contribution < 1.29 is 9.52 Å². The number of hydrogen-bond acceptors (Lipinski definition) is 5. The molecule has 1 heterocycles. The lowest BCUT2D eigenvalue weighted by Gasteiger charge is -2.06. The van der Waals surface area contributed by atoms with Crippen molar-refractivity contribution in [3.05, 3.63) is 40.2 Å². The number of nitrogens with two attached hydrogens (primary N) is 1. The van der Waals surface area contributed by atoms with Crippen LogP contribution in [0.5, 0.6) is 5.75 Å². The van der Waals surface area contributed by atoms with Gasteiger partial charge in [-0.05, 0) is 31.3 Å². The fourth-order valence-electron chi connectivity index (χ4n) is 1.65. The highest BCUT2D eigenvalue weighted by atomic mass is 32.1. The molecule has 0 aliphatic carbocycles. The molecule has 6 nitrogen and oxygen atoms in total. The number of nitrogens with zero attached hydrogens (tertiary/aromatic N) is 1. The van der Waals surface area contributed by atoms with E-state index in [2.05, 4.69) is 22.7 Å². The summed E-state index contributed by atoms with van der Waals surface area (Å²) in [5, 5.41) is 14.3. The molecule has 0 saturated heterocycles. The van der Waals surface area contributed by atoms with Gasteiger partial charge in [-0.2, -0.15) is 5.10 Å². The van der Waals surface area contributed by atoms with E-state index in [1.54, 1.807) is 24.3 Å². The van der Waals surface area contributed by atoms with Crippen molar-refractivity contribution in [2.75, 3.05) is 0 Å². The Hall–Kier alpha value is -2.41. The lowest BCUT2D eigenvalue weighted by Crippen LogP contribution is -2.26. The molecule has 19 heavy (non-hydrogen) atoms. The maximum Gasteiger partial charge on any atom is 0.349 e. The van der Waals surface area contributed by atoms with Crippen LogP contribution in [0.15, 0.2) is 38.6 Å². The Morgan fingerprint density at radius 2 is 2.16 bits per heavy atom. The van der Waals surface area contributed by atoms with Gasteiger partial charge in [-0.1, -0.05) is 12.1 Å². The van der Waals surface area contributed by atoms with Gasteiger partial charge in [0.25, 0.3) is 0 Å². The van der Waals surface area contributed by atoms with Crippen molar-refractivity contribution >= 4 is 34.0 Å². The van der Waals surface area contributed by atoms with E-state index in [0.29, 0.717) is 11.0 Å². The Morgan fingerprint density at radius 1 is 1.47 bits per heavy atom. The molecular weight excluding hydrogens is 266 g/mol. The van der Waals surface area contributed by atoms with Crippen molar-refractivity contribution in [3.63, 3.8) is 0 Å². The minimum absolute atomic E-state index is 0.0255. The second kappa shape index (κ2) is 5.07. The number of hydrogen-bond donors (Lipinski definition) is 3. The number of hydrazone groups is 1. The quantitative estimate of drug-likeness (QED) is 0.328. The number of rotatable bonds is 2. The predicted molar refractivity (Wildman–Crippen MR) is 76.3 cm³/mol. The summed E-state index contributed by atoms with van der Waals surface area (Å²) in [6.45, 7) is 1.53. The summed E-state index contributed by atoms with van der Waals surface area (Å²) in [5.74, 6) is -0.183. The molecule has 4 N–H and O–H groups in total. The largest absolute Gasteiger partial charge is 0.506 e. The lowest BCUT2D eigenvalue weighted by atomic mass is 10.1. The second-order valence-electron chi connectivity index (χ2n) is 3.78. The summed E-state index contributed by atoms with van der Waals surface area (Å²) in [6.07, 6.45) is 0. The number of aromatic hydroxyl groups is 1. The first-order chi connectivity index (χ1) is 9.00. The normalized spacial score (nSPS) is 11.5. The van der Waals surface area contributed by atoms with Crippen LogP contribution in [0.25, 0.3) is 11.0 Å². The molecule has 0 spiro atoms. The number of fused-ring (bicyclic) bond motifs is 1. The third-order valence-electron chi connectivity index (χ3n) is 2.48. The third-order valence-corrected chi connectivity index (χ3v) is 2.57. The Bertz CT molecular complexity index is 737. The Balaban J connectivity index is 2.64. The first-order valence-corrected chi connectivity index (χ1v) is 5.76. The number of thiocarbonyl (C=S) groups is 1. The maximum absolute atomic E-state index is 11.8. The molecule has 0 aliphatic rings. The molecule has 0 fully saturated rings. The lowest BCUT2D eigenvalue weighted by molar-refractivity contribution is 0.466. The third kappa shape index (κ3) is 2.55. The average Bonchev–Trinajstić information content (AvgIpc) is 2.36. The van der Waals surface area contributed by atoms with Gasteiger partial charge in [0.2, 0.25) is 0 Å².